The van der Waals surface area contributed by atoms with Crippen molar-refractivity contribution in [1.82, 2.24) is 10.3 Å². The molecule has 2 saturated carbocycles. The molecule has 3 N–H and O–H groups in total. The van der Waals surface area contributed by atoms with Crippen LogP contribution in [0.1, 0.15) is 36.2 Å². The molecule has 2 fully saturated rings. The van der Waals surface area contributed by atoms with Crippen LogP contribution in [0, 0.1) is 11.8 Å². The predicted molar refractivity (Wildman–Crippen MR) is 65.4 cm³/mol. The molecule has 1 amide bonds. The van der Waals surface area contributed by atoms with Crippen LogP contribution in [0.5, 0.6) is 0 Å². The van der Waals surface area contributed by atoms with Crippen molar-refractivity contribution in [3.05, 3.63) is 23.9 Å². The monoisotopic (exact) mass is 231 g/mol. The summed E-state index contributed by atoms with van der Waals surface area (Å²) in [5.41, 5.74) is 6.00. The second-order valence-electron chi connectivity index (χ2n) is 5.20. The largest absolute Gasteiger partial charge is 0.384 e. The van der Waals surface area contributed by atoms with Crippen LogP contribution in [0.15, 0.2) is 18.2 Å². The summed E-state index contributed by atoms with van der Waals surface area (Å²) in [7, 11) is 0. The number of nitrogens with two attached hydrogens (primary N) is 1. The van der Waals surface area contributed by atoms with Gasteiger partial charge in [-0.05, 0) is 43.2 Å². The number of carbonyl (C=O) groups excluding carboxylic acids is 1. The lowest BCUT2D eigenvalue weighted by Crippen LogP contribution is -2.38. The minimum Gasteiger partial charge on any atom is -0.384 e. The van der Waals surface area contributed by atoms with Gasteiger partial charge in [0.1, 0.15) is 11.5 Å². The van der Waals surface area contributed by atoms with Gasteiger partial charge in [-0.1, -0.05) is 12.5 Å². The zero-order valence-electron chi connectivity index (χ0n) is 9.73. The smallest absolute Gasteiger partial charge is 0.270 e. The molecule has 17 heavy (non-hydrogen) atoms. The Balaban J connectivity index is 1.68. The number of anilines is 1. The Bertz CT molecular complexity index is 446. The van der Waals surface area contributed by atoms with Crippen molar-refractivity contribution in [1.29, 1.82) is 0 Å². The van der Waals surface area contributed by atoms with E-state index >= 15 is 0 Å². The van der Waals surface area contributed by atoms with E-state index in [0.717, 1.165) is 12.3 Å². The molecule has 3 unspecified atom stereocenters. The molecular formula is C13H17N3O. The molecule has 4 nitrogen and oxygen atoms in total. The number of fused-ring (bicyclic) bond motifs is 2. The van der Waals surface area contributed by atoms with Crippen LogP contribution in [-0.2, 0) is 0 Å². The molecule has 1 aromatic heterocycles. The number of hydrogen-bond acceptors (Lipinski definition) is 3. The van der Waals surface area contributed by atoms with Crippen molar-refractivity contribution in [2.45, 2.75) is 31.7 Å². The van der Waals surface area contributed by atoms with E-state index < -0.39 is 0 Å². The molecular weight excluding hydrogens is 214 g/mol. The molecule has 0 saturated heterocycles. The lowest BCUT2D eigenvalue weighted by atomic mass is 9.95. The van der Waals surface area contributed by atoms with Crippen molar-refractivity contribution in [2.75, 3.05) is 5.73 Å². The highest BCUT2D eigenvalue weighted by molar-refractivity contribution is 5.92. The fourth-order valence-electron chi connectivity index (χ4n) is 3.24. The Morgan fingerprint density at radius 3 is 2.88 bits per heavy atom. The fourth-order valence-corrected chi connectivity index (χ4v) is 3.24. The van der Waals surface area contributed by atoms with Gasteiger partial charge in [-0.25, -0.2) is 4.98 Å². The number of nitrogen functional groups attached to an aromatic ring is 1. The van der Waals surface area contributed by atoms with Gasteiger partial charge in [0.2, 0.25) is 0 Å². The van der Waals surface area contributed by atoms with Gasteiger partial charge in [0.15, 0.2) is 0 Å². The first-order chi connectivity index (χ1) is 8.22. The Kier molecular flexibility index (Phi) is 2.50. The average molecular weight is 231 g/mol. The first kappa shape index (κ1) is 10.6. The molecule has 0 radical (unpaired) electrons. The maximum Gasteiger partial charge on any atom is 0.270 e. The van der Waals surface area contributed by atoms with E-state index in [-0.39, 0.29) is 5.91 Å². The van der Waals surface area contributed by atoms with Crippen LogP contribution in [0.2, 0.25) is 0 Å². The average Bonchev–Trinajstić information content (AvgIpc) is 2.91. The molecule has 0 aromatic carbocycles. The van der Waals surface area contributed by atoms with Crippen LogP contribution in [0.25, 0.3) is 0 Å². The van der Waals surface area contributed by atoms with Crippen LogP contribution >= 0.6 is 0 Å². The first-order valence-corrected chi connectivity index (χ1v) is 6.26. The SMILES string of the molecule is Nc1cccc(C(=O)NC2CC3CCC2C3)n1. The van der Waals surface area contributed by atoms with Gasteiger partial charge < -0.3 is 11.1 Å². The zero-order chi connectivity index (χ0) is 11.8. The Morgan fingerprint density at radius 2 is 2.24 bits per heavy atom. The Morgan fingerprint density at radius 1 is 1.35 bits per heavy atom. The lowest BCUT2D eigenvalue weighted by molar-refractivity contribution is 0.0918. The second-order valence-corrected chi connectivity index (χ2v) is 5.20. The number of nitrogens with one attached hydrogen (secondary N) is 1. The maximum absolute atomic E-state index is 12.0. The summed E-state index contributed by atoms with van der Waals surface area (Å²) >= 11 is 0. The summed E-state index contributed by atoms with van der Waals surface area (Å²) < 4.78 is 0. The van der Waals surface area contributed by atoms with Crippen molar-refractivity contribution >= 4 is 11.7 Å². The van der Waals surface area contributed by atoms with Crippen LogP contribution in [0.4, 0.5) is 5.82 Å². The number of rotatable bonds is 2. The van der Waals surface area contributed by atoms with E-state index in [9.17, 15) is 4.79 Å². The lowest BCUT2D eigenvalue weighted by Gasteiger charge is -2.22. The Hall–Kier alpha value is -1.58. The molecule has 90 valence electrons. The zero-order valence-corrected chi connectivity index (χ0v) is 9.73. The third-order valence-electron chi connectivity index (χ3n) is 4.06. The standard InChI is InChI=1S/C13H17N3O/c14-12-3-1-2-10(15-12)13(17)16-11-7-8-4-5-9(11)6-8/h1-3,8-9,11H,4-7H2,(H2,14,15)(H,16,17). The number of carbonyl (C=O) groups is 1. The molecule has 1 heterocycles. The van der Waals surface area contributed by atoms with Gasteiger partial charge in [-0.15, -0.1) is 0 Å². The van der Waals surface area contributed by atoms with Crippen LogP contribution < -0.4 is 11.1 Å². The van der Waals surface area contributed by atoms with Gasteiger partial charge in [0, 0.05) is 6.04 Å². The number of amides is 1. The molecule has 2 bridgehead atoms. The number of hydrogen-bond donors (Lipinski definition) is 2. The molecule has 4 heteroatoms. The van der Waals surface area contributed by atoms with E-state index in [1.54, 1.807) is 18.2 Å². The maximum atomic E-state index is 12.0. The van der Waals surface area contributed by atoms with Gasteiger partial charge in [-0.3, -0.25) is 4.79 Å². The quantitative estimate of drug-likeness (QED) is 0.812. The van der Waals surface area contributed by atoms with Gasteiger partial charge in [0.25, 0.3) is 5.91 Å². The van der Waals surface area contributed by atoms with E-state index in [1.165, 1.54) is 19.3 Å². The van der Waals surface area contributed by atoms with E-state index in [4.69, 9.17) is 5.73 Å². The van der Waals surface area contributed by atoms with E-state index in [0.29, 0.717) is 23.5 Å². The van der Waals surface area contributed by atoms with E-state index in [1.807, 2.05) is 0 Å². The summed E-state index contributed by atoms with van der Waals surface area (Å²) in [6.45, 7) is 0. The Labute approximate surface area is 101 Å². The van der Waals surface area contributed by atoms with Gasteiger partial charge >= 0.3 is 0 Å². The van der Waals surface area contributed by atoms with Gasteiger partial charge in [-0.2, -0.15) is 0 Å². The summed E-state index contributed by atoms with van der Waals surface area (Å²) in [5, 5.41) is 3.10. The molecule has 2 aliphatic rings. The van der Waals surface area contributed by atoms with Crippen LogP contribution in [0.3, 0.4) is 0 Å². The fraction of sp³-hybridized carbons (Fsp3) is 0.538. The molecule has 3 rings (SSSR count). The third-order valence-corrected chi connectivity index (χ3v) is 4.06. The normalized spacial score (nSPS) is 30.5. The molecule has 0 spiro atoms. The van der Waals surface area contributed by atoms with Gasteiger partial charge in [0.05, 0.1) is 0 Å². The summed E-state index contributed by atoms with van der Waals surface area (Å²) in [6, 6.07) is 5.51. The minimum atomic E-state index is -0.0881. The topological polar surface area (TPSA) is 68.0 Å². The molecule has 3 atom stereocenters. The molecule has 0 aliphatic heterocycles. The van der Waals surface area contributed by atoms with Crippen molar-refractivity contribution in [2.24, 2.45) is 11.8 Å². The number of aromatic nitrogens is 1. The highest BCUT2D eigenvalue weighted by Crippen LogP contribution is 2.44. The predicted octanol–water partition coefficient (Wildman–Crippen LogP) is 1.58. The van der Waals surface area contributed by atoms with Crippen molar-refractivity contribution in [3.63, 3.8) is 0 Å². The van der Waals surface area contributed by atoms with E-state index in [2.05, 4.69) is 10.3 Å². The minimum absolute atomic E-state index is 0.0881. The number of nitrogens with zero attached hydrogens (tertiary/aromatic N) is 1. The third kappa shape index (κ3) is 1.99. The second kappa shape index (κ2) is 4.02. The highest BCUT2D eigenvalue weighted by Gasteiger charge is 2.40. The first-order valence-electron chi connectivity index (χ1n) is 6.26. The summed E-state index contributed by atoms with van der Waals surface area (Å²) in [6.07, 6.45) is 5.03. The van der Waals surface area contributed by atoms with Crippen LogP contribution in [-0.4, -0.2) is 16.9 Å². The van der Waals surface area contributed by atoms with Crippen molar-refractivity contribution < 1.29 is 4.79 Å². The molecule has 1 aromatic rings. The summed E-state index contributed by atoms with van der Waals surface area (Å²) in [4.78, 5) is 16.0. The summed E-state index contributed by atoms with van der Waals surface area (Å²) in [5.74, 6) is 1.82. The highest BCUT2D eigenvalue weighted by atomic mass is 16.1. The molecule has 2 aliphatic carbocycles. The number of pyridine rings is 1. The van der Waals surface area contributed by atoms with Crippen molar-refractivity contribution in [3.8, 4) is 0 Å².